The van der Waals surface area contributed by atoms with Crippen LogP contribution in [0.1, 0.15) is 42.8 Å². The second-order valence-electron chi connectivity index (χ2n) is 4.61. The third kappa shape index (κ3) is 2.76. The van der Waals surface area contributed by atoms with Gasteiger partial charge in [0.1, 0.15) is 0 Å². The number of nitrogens with zero attached hydrogens (tertiary/aromatic N) is 2. The molecule has 2 rings (SSSR count). The predicted octanol–water partition coefficient (Wildman–Crippen LogP) is 3.11. The largest absolute Gasteiger partial charge is 0.388 e. The Labute approximate surface area is 106 Å². The number of hydrogen-bond donors (Lipinski definition) is 1. The van der Waals surface area contributed by atoms with Gasteiger partial charge in [0.15, 0.2) is 0 Å². The van der Waals surface area contributed by atoms with Crippen LogP contribution in [0, 0.1) is 6.92 Å². The van der Waals surface area contributed by atoms with Gasteiger partial charge in [-0.15, -0.1) is 0 Å². The molecule has 0 amide bonds. The normalized spacial score (nSPS) is 13.2. The third-order valence-corrected chi connectivity index (χ3v) is 3.73. The van der Waals surface area contributed by atoms with Crippen molar-refractivity contribution in [2.75, 3.05) is 0 Å². The van der Waals surface area contributed by atoms with E-state index in [4.69, 9.17) is 0 Å². The van der Waals surface area contributed by atoms with Crippen LogP contribution < -0.4 is 0 Å². The van der Waals surface area contributed by atoms with Gasteiger partial charge in [-0.25, -0.2) is 0 Å². The van der Waals surface area contributed by atoms with Crippen molar-refractivity contribution in [2.45, 2.75) is 39.3 Å². The van der Waals surface area contributed by atoms with Crippen LogP contribution in [0.4, 0.5) is 0 Å². The molecule has 4 heteroatoms. The van der Waals surface area contributed by atoms with Gasteiger partial charge < -0.3 is 5.11 Å². The summed E-state index contributed by atoms with van der Waals surface area (Å²) < 4.78 is 1.92. The Morgan fingerprint density at radius 2 is 2.18 bits per heavy atom. The van der Waals surface area contributed by atoms with Gasteiger partial charge in [-0.3, -0.25) is 4.68 Å². The molecule has 0 saturated heterocycles. The highest BCUT2D eigenvalue weighted by molar-refractivity contribution is 7.08. The van der Waals surface area contributed by atoms with E-state index in [1.807, 2.05) is 29.2 Å². The zero-order valence-electron chi connectivity index (χ0n) is 10.4. The van der Waals surface area contributed by atoms with Crippen LogP contribution >= 0.6 is 11.3 Å². The molecule has 3 nitrogen and oxygen atoms in total. The van der Waals surface area contributed by atoms with Gasteiger partial charge in [0, 0.05) is 18.7 Å². The molecule has 2 aromatic rings. The summed E-state index contributed by atoms with van der Waals surface area (Å²) in [7, 11) is 0. The van der Waals surface area contributed by atoms with Crippen LogP contribution in [-0.4, -0.2) is 14.9 Å². The van der Waals surface area contributed by atoms with Crippen LogP contribution in [0.2, 0.25) is 0 Å². The quantitative estimate of drug-likeness (QED) is 0.905. The Bertz CT molecular complexity index is 487. The molecule has 0 spiro atoms. The summed E-state index contributed by atoms with van der Waals surface area (Å²) in [5.74, 6) is 0. The molecule has 0 aliphatic carbocycles. The number of hydrogen-bond acceptors (Lipinski definition) is 3. The van der Waals surface area contributed by atoms with E-state index in [-0.39, 0.29) is 0 Å². The van der Waals surface area contributed by atoms with Gasteiger partial charge in [-0.1, -0.05) is 0 Å². The van der Waals surface area contributed by atoms with E-state index in [9.17, 15) is 5.11 Å². The SMILES string of the molecule is Cc1cscc1C(O)Cc1ccn(C(C)C)n1. The first kappa shape index (κ1) is 12.3. The zero-order chi connectivity index (χ0) is 12.4. The van der Waals surface area contributed by atoms with Gasteiger partial charge >= 0.3 is 0 Å². The standard InChI is InChI=1S/C13H18N2OS/c1-9(2)15-5-4-11(14-15)6-13(16)12-8-17-7-10(12)3/h4-5,7-9,13,16H,6H2,1-3H3. The van der Waals surface area contributed by atoms with Gasteiger partial charge in [0.05, 0.1) is 11.8 Å². The Hall–Kier alpha value is -1.13. The molecule has 1 atom stereocenters. The second kappa shape index (κ2) is 5.02. The lowest BCUT2D eigenvalue weighted by atomic mass is 10.1. The Kier molecular flexibility index (Phi) is 3.64. The van der Waals surface area contributed by atoms with Gasteiger partial charge in [0.2, 0.25) is 0 Å². The maximum Gasteiger partial charge on any atom is 0.0856 e. The van der Waals surface area contributed by atoms with E-state index >= 15 is 0 Å². The molecule has 0 aliphatic rings. The number of thiophene rings is 1. The average molecular weight is 250 g/mol. The molecular formula is C13H18N2OS. The first-order valence-electron chi connectivity index (χ1n) is 5.82. The first-order valence-corrected chi connectivity index (χ1v) is 6.77. The zero-order valence-corrected chi connectivity index (χ0v) is 11.2. The molecule has 2 aromatic heterocycles. The minimum Gasteiger partial charge on any atom is -0.388 e. The molecule has 0 radical (unpaired) electrons. The summed E-state index contributed by atoms with van der Waals surface area (Å²) >= 11 is 1.63. The number of aliphatic hydroxyl groups is 1. The Balaban J connectivity index is 2.08. The van der Waals surface area contributed by atoms with E-state index in [2.05, 4.69) is 24.3 Å². The highest BCUT2D eigenvalue weighted by Gasteiger charge is 2.13. The van der Waals surface area contributed by atoms with Crippen molar-refractivity contribution in [3.8, 4) is 0 Å². The Morgan fingerprint density at radius 3 is 2.71 bits per heavy atom. The van der Waals surface area contributed by atoms with Crippen LogP contribution in [0.5, 0.6) is 0 Å². The fourth-order valence-electron chi connectivity index (χ4n) is 1.79. The van der Waals surface area contributed by atoms with Crippen molar-refractivity contribution in [3.63, 3.8) is 0 Å². The number of aliphatic hydroxyl groups excluding tert-OH is 1. The van der Waals surface area contributed by atoms with E-state index in [1.165, 1.54) is 0 Å². The maximum atomic E-state index is 10.1. The lowest BCUT2D eigenvalue weighted by Gasteiger charge is -2.09. The van der Waals surface area contributed by atoms with Gasteiger partial charge in [0.25, 0.3) is 0 Å². The first-order chi connectivity index (χ1) is 8.08. The number of rotatable bonds is 4. The maximum absolute atomic E-state index is 10.1. The molecule has 0 aromatic carbocycles. The minimum absolute atomic E-state index is 0.365. The van der Waals surface area contributed by atoms with Crippen molar-refractivity contribution in [3.05, 3.63) is 39.8 Å². The highest BCUT2D eigenvalue weighted by Crippen LogP contribution is 2.24. The summed E-state index contributed by atoms with van der Waals surface area (Å²) in [5.41, 5.74) is 3.12. The molecule has 0 aliphatic heterocycles. The molecule has 1 N–H and O–H groups in total. The molecule has 0 fully saturated rings. The van der Waals surface area contributed by atoms with E-state index in [0.29, 0.717) is 12.5 Å². The summed E-state index contributed by atoms with van der Waals surface area (Å²) in [6.45, 7) is 6.22. The topological polar surface area (TPSA) is 38.0 Å². The fourth-order valence-corrected chi connectivity index (χ4v) is 2.69. The molecule has 2 heterocycles. The van der Waals surface area contributed by atoms with Crippen molar-refractivity contribution >= 4 is 11.3 Å². The molecule has 0 saturated carbocycles. The third-order valence-electron chi connectivity index (χ3n) is 2.85. The number of aryl methyl sites for hydroxylation is 1. The summed E-state index contributed by atoms with van der Waals surface area (Å²) in [5, 5.41) is 18.7. The van der Waals surface area contributed by atoms with Crippen molar-refractivity contribution in [1.82, 2.24) is 9.78 Å². The summed E-state index contributed by atoms with van der Waals surface area (Å²) in [6.07, 6.45) is 2.10. The van der Waals surface area contributed by atoms with Gasteiger partial charge in [-0.2, -0.15) is 16.4 Å². The van der Waals surface area contributed by atoms with Crippen molar-refractivity contribution < 1.29 is 5.11 Å². The van der Waals surface area contributed by atoms with Crippen molar-refractivity contribution in [1.29, 1.82) is 0 Å². The smallest absolute Gasteiger partial charge is 0.0856 e. The van der Waals surface area contributed by atoms with Gasteiger partial charge in [-0.05, 0) is 48.7 Å². The lowest BCUT2D eigenvalue weighted by molar-refractivity contribution is 0.176. The fraction of sp³-hybridized carbons (Fsp3) is 0.462. The molecular weight excluding hydrogens is 232 g/mol. The Morgan fingerprint density at radius 1 is 1.41 bits per heavy atom. The minimum atomic E-state index is -0.447. The van der Waals surface area contributed by atoms with E-state index in [0.717, 1.165) is 16.8 Å². The predicted molar refractivity (Wildman–Crippen MR) is 70.3 cm³/mol. The van der Waals surface area contributed by atoms with E-state index in [1.54, 1.807) is 11.3 Å². The van der Waals surface area contributed by atoms with Crippen LogP contribution in [-0.2, 0) is 6.42 Å². The average Bonchev–Trinajstić information content (AvgIpc) is 2.86. The van der Waals surface area contributed by atoms with Crippen LogP contribution in [0.3, 0.4) is 0 Å². The second-order valence-corrected chi connectivity index (χ2v) is 5.35. The monoisotopic (exact) mass is 250 g/mol. The van der Waals surface area contributed by atoms with Crippen LogP contribution in [0.25, 0.3) is 0 Å². The molecule has 17 heavy (non-hydrogen) atoms. The summed E-state index contributed by atoms with van der Waals surface area (Å²) in [4.78, 5) is 0. The lowest BCUT2D eigenvalue weighted by Crippen LogP contribution is -2.05. The molecule has 0 bridgehead atoms. The van der Waals surface area contributed by atoms with Crippen LogP contribution in [0.15, 0.2) is 23.0 Å². The number of aromatic nitrogens is 2. The van der Waals surface area contributed by atoms with Crippen molar-refractivity contribution in [2.24, 2.45) is 0 Å². The van der Waals surface area contributed by atoms with E-state index < -0.39 is 6.10 Å². The molecule has 1 unspecified atom stereocenters. The highest BCUT2D eigenvalue weighted by atomic mass is 32.1. The summed E-state index contributed by atoms with van der Waals surface area (Å²) in [6, 6.07) is 2.34. The molecule has 92 valence electrons.